The summed E-state index contributed by atoms with van der Waals surface area (Å²) in [7, 11) is 0. The monoisotopic (exact) mass is 313 g/mol. The second-order valence-corrected chi connectivity index (χ2v) is 5.89. The molecule has 0 aliphatic carbocycles. The van der Waals surface area contributed by atoms with Gasteiger partial charge in [-0.3, -0.25) is 4.90 Å². The van der Waals surface area contributed by atoms with E-state index >= 15 is 0 Å². The molecule has 1 fully saturated rings. The molecular formula is C17H23N5O. The predicted molar refractivity (Wildman–Crippen MR) is 91.2 cm³/mol. The highest BCUT2D eigenvalue weighted by Gasteiger charge is 2.22. The summed E-state index contributed by atoms with van der Waals surface area (Å²) in [5, 5.41) is 9.69. The van der Waals surface area contributed by atoms with Gasteiger partial charge in [-0.25, -0.2) is 4.98 Å². The second-order valence-electron chi connectivity index (χ2n) is 5.89. The van der Waals surface area contributed by atoms with Crippen molar-refractivity contribution in [2.24, 2.45) is 0 Å². The van der Waals surface area contributed by atoms with Gasteiger partial charge in [0.25, 0.3) is 0 Å². The third-order valence-electron chi connectivity index (χ3n) is 4.24. The predicted octanol–water partition coefficient (Wildman–Crippen LogP) is 1.11. The van der Waals surface area contributed by atoms with E-state index in [1.54, 1.807) is 6.92 Å². The molecule has 2 heterocycles. The Morgan fingerprint density at radius 3 is 2.52 bits per heavy atom. The van der Waals surface area contributed by atoms with E-state index in [1.165, 1.54) is 5.56 Å². The average Bonchev–Trinajstić information content (AvgIpc) is 2.57. The van der Waals surface area contributed by atoms with Crippen molar-refractivity contribution in [3.63, 3.8) is 0 Å². The fraction of sp³-hybridized carbons (Fsp3) is 0.412. The molecule has 1 aromatic heterocycles. The molecule has 1 aromatic carbocycles. The molecule has 1 atom stereocenters. The highest BCUT2D eigenvalue weighted by atomic mass is 16.3. The van der Waals surface area contributed by atoms with Crippen LogP contribution in [0.25, 0.3) is 0 Å². The number of benzene rings is 1. The van der Waals surface area contributed by atoms with Gasteiger partial charge in [-0.1, -0.05) is 30.3 Å². The first-order valence-corrected chi connectivity index (χ1v) is 7.96. The van der Waals surface area contributed by atoms with Crippen LogP contribution in [0.15, 0.2) is 36.5 Å². The molecule has 6 heteroatoms. The van der Waals surface area contributed by atoms with Crippen molar-refractivity contribution in [2.45, 2.75) is 19.6 Å². The summed E-state index contributed by atoms with van der Waals surface area (Å²) in [6.45, 7) is 5.07. The fourth-order valence-corrected chi connectivity index (χ4v) is 2.93. The Hall–Kier alpha value is -2.18. The van der Waals surface area contributed by atoms with Gasteiger partial charge < -0.3 is 15.7 Å². The van der Waals surface area contributed by atoms with Crippen LogP contribution < -0.4 is 10.6 Å². The van der Waals surface area contributed by atoms with Gasteiger partial charge in [0.15, 0.2) is 0 Å². The van der Waals surface area contributed by atoms with Crippen molar-refractivity contribution in [1.82, 2.24) is 14.9 Å². The maximum Gasteiger partial charge on any atom is 0.221 e. The molecule has 1 saturated heterocycles. The minimum atomic E-state index is -0.406. The molecule has 3 rings (SSSR count). The normalized spacial score (nSPS) is 17.2. The van der Waals surface area contributed by atoms with E-state index in [0.29, 0.717) is 5.95 Å². The number of nitrogens with zero attached hydrogens (tertiary/aromatic N) is 4. The van der Waals surface area contributed by atoms with E-state index in [1.807, 2.05) is 24.4 Å². The Morgan fingerprint density at radius 2 is 1.87 bits per heavy atom. The summed E-state index contributed by atoms with van der Waals surface area (Å²) in [4.78, 5) is 12.9. The van der Waals surface area contributed by atoms with Crippen LogP contribution in [0.2, 0.25) is 0 Å². The van der Waals surface area contributed by atoms with Crippen molar-refractivity contribution in [3.8, 4) is 0 Å². The average molecular weight is 313 g/mol. The van der Waals surface area contributed by atoms with Crippen molar-refractivity contribution in [1.29, 1.82) is 0 Å². The Bertz CT molecular complexity index is 639. The molecule has 0 saturated carbocycles. The van der Waals surface area contributed by atoms with Gasteiger partial charge in [-0.15, -0.1) is 0 Å². The zero-order chi connectivity index (χ0) is 16.2. The van der Waals surface area contributed by atoms with Crippen molar-refractivity contribution >= 4 is 11.8 Å². The number of aromatic nitrogens is 2. The molecular weight excluding hydrogens is 290 g/mol. The Kier molecular flexibility index (Phi) is 4.73. The third-order valence-corrected chi connectivity index (χ3v) is 4.24. The molecule has 0 spiro atoms. The first-order chi connectivity index (χ1) is 11.1. The highest BCUT2D eigenvalue weighted by Crippen LogP contribution is 2.23. The van der Waals surface area contributed by atoms with E-state index in [0.717, 1.165) is 44.0 Å². The molecule has 0 bridgehead atoms. The van der Waals surface area contributed by atoms with E-state index in [4.69, 9.17) is 5.73 Å². The smallest absolute Gasteiger partial charge is 0.221 e. The quantitative estimate of drug-likeness (QED) is 0.880. The van der Waals surface area contributed by atoms with Crippen LogP contribution in [-0.4, -0.2) is 52.4 Å². The van der Waals surface area contributed by atoms with Crippen molar-refractivity contribution < 1.29 is 5.11 Å². The molecule has 6 nitrogen and oxygen atoms in total. The zero-order valence-corrected chi connectivity index (χ0v) is 13.4. The SMILES string of the molecule is CC(O)N1CCN(c2nc(N)ncc2Cc2ccccc2)CC1. The van der Waals surface area contributed by atoms with Crippen LogP contribution in [0.5, 0.6) is 0 Å². The molecule has 1 aliphatic rings. The minimum absolute atomic E-state index is 0.301. The maximum atomic E-state index is 9.69. The van der Waals surface area contributed by atoms with E-state index in [9.17, 15) is 5.11 Å². The summed E-state index contributed by atoms with van der Waals surface area (Å²) in [6.07, 6.45) is 2.20. The summed E-state index contributed by atoms with van der Waals surface area (Å²) < 4.78 is 0. The van der Waals surface area contributed by atoms with E-state index in [2.05, 4.69) is 31.9 Å². The number of rotatable bonds is 4. The lowest BCUT2D eigenvalue weighted by molar-refractivity contribution is 0.0152. The molecule has 1 aliphatic heterocycles. The molecule has 0 amide bonds. The lowest BCUT2D eigenvalue weighted by atomic mass is 10.1. The first-order valence-electron chi connectivity index (χ1n) is 7.96. The molecule has 1 unspecified atom stereocenters. The van der Waals surface area contributed by atoms with Gasteiger partial charge in [0, 0.05) is 44.4 Å². The number of nitrogen functional groups attached to an aromatic ring is 1. The topological polar surface area (TPSA) is 78.5 Å². The Labute approximate surface area is 136 Å². The lowest BCUT2D eigenvalue weighted by Gasteiger charge is -2.37. The van der Waals surface area contributed by atoms with Crippen LogP contribution in [0.4, 0.5) is 11.8 Å². The van der Waals surface area contributed by atoms with Crippen LogP contribution in [0, 0.1) is 0 Å². The number of anilines is 2. The maximum absolute atomic E-state index is 9.69. The van der Waals surface area contributed by atoms with Crippen molar-refractivity contribution in [3.05, 3.63) is 47.7 Å². The minimum Gasteiger partial charge on any atom is -0.379 e. The Balaban J connectivity index is 1.80. The van der Waals surface area contributed by atoms with Crippen LogP contribution in [-0.2, 0) is 6.42 Å². The molecule has 122 valence electrons. The van der Waals surface area contributed by atoms with Gasteiger partial charge in [-0.2, -0.15) is 4.98 Å². The summed E-state index contributed by atoms with van der Waals surface area (Å²) in [5.74, 6) is 1.21. The molecule has 2 aromatic rings. The largest absolute Gasteiger partial charge is 0.379 e. The van der Waals surface area contributed by atoms with Gasteiger partial charge in [0.2, 0.25) is 5.95 Å². The third kappa shape index (κ3) is 3.78. The van der Waals surface area contributed by atoms with Gasteiger partial charge >= 0.3 is 0 Å². The van der Waals surface area contributed by atoms with Crippen molar-refractivity contribution in [2.75, 3.05) is 36.8 Å². The van der Waals surface area contributed by atoms with Gasteiger partial charge in [-0.05, 0) is 12.5 Å². The number of piperazine rings is 1. The summed E-state index contributed by atoms with van der Waals surface area (Å²) >= 11 is 0. The van der Waals surface area contributed by atoms with Crippen LogP contribution >= 0.6 is 0 Å². The summed E-state index contributed by atoms with van der Waals surface area (Å²) in [6, 6.07) is 10.3. The van der Waals surface area contributed by atoms with Gasteiger partial charge in [0.1, 0.15) is 12.0 Å². The fourth-order valence-electron chi connectivity index (χ4n) is 2.93. The number of aliphatic hydroxyl groups is 1. The molecule has 0 radical (unpaired) electrons. The number of hydrogen-bond donors (Lipinski definition) is 2. The lowest BCUT2D eigenvalue weighted by Crippen LogP contribution is -2.50. The number of nitrogens with two attached hydrogens (primary N) is 1. The standard InChI is InChI=1S/C17H23N5O/c1-13(23)21-7-9-22(10-8-21)16-15(12-19-17(18)20-16)11-14-5-3-2-4-6-14/h2-6,12-13,23H,7-11H2,1H3,(H2,18,19,20). The highest BCUT2D eigenvalue weighted by molar-refractivity contribution is 5.51. The zero-order valence-electron chi connectivity index (χ0n) is 13.4. The summed E-state index contributed by atoms with van der Waals surface area (Å²) in [5.41, 5.74) is 8.11. The first kappa shape index (κ1) is 15.7. The Morgan fingerprint density at radius 1 is 1.17 bits per heavy atom. The number of aliphatic hydroxyl groups excluding tert-OH is 1. The van der Waals surface area contributed by atoms with Crippen LogP contribution in [0.3, 0.4) is 0 Å². The second kappa shape index (κ2) is 6.93. The van der Waals surface area contributed by atoms with Gasteiger partial charge in [0.05, 0.1) is 0 Å². The van der Waals surface area contributed by atoms with E-state index < -0.39 is 6.23 Å². The molecule has 23 heavy (non-hydrogen) atoms. The van der Waals surface area contributed by atoms with E-state index in [-0.39, 0.29) is 0 Å². The number of hydrogen-bond acceptors (Lipinski definition) is 6. The van der Waals surface area contributed by atoms with Crippen LogP contribution in [0.1, 0.15) is 18.1 Å². The molecule has 3 N–H and O–H groups in total.